The zero-order valence-corrected chi connectivity index (χ0v) is 11.2. The molecule has 0 saturated heterocycles. The van der Waals surface area contributed by atoms with E-state index in [0.717, 1.165) is 27.6 Å². The monoisotopic (exact) mass is 264 g/mol. The SMILES string of the molecule is Cc1ccncc1C(NN)c1cccc2ncccc12. The number of aromatic nitrogens is 2. The Hall–Kier alpha value is -2.30. The highest BCUT2D eigenvalue weighted by molar-refractivity contribution is 5.83. The lowest BCUT2D eigenvalue weighted by atomic mass is 9.94. The van der Waals surface area contributed by atoms with Crippen LogP contribution in [0.1, 0.15) is 22.7 Å². The van der Waals surface area contributed by atoms with Crippen LogP contribution in [0.3, 0.4) is 0 Å². The first-order valence-electron chi connectivity index (χ1n) is 6.51. The minimum absolute atomic E-state index is 0.100. The molecule has 1 atom stereocenters. The lowest BCUT2D eigenvalue weighted by molar-refractivity contribution is 0.635. The summed E-state index contributed by atoms with van der Waals surface area (Å²) in [5.74, 6) is 5.80. The third-order valence-electron chi connectivity index (χ3n) is 3.55. The van der Waals surface area contributed by atoms with Crippen molar-refractivity contribution in [3.05, 3.63) is 71.7 Å². The average Bonchev–Trinajstić information content (AvgIpc) is 2.50. The predicted molar refractivity (Wildman–Crippen MR) is 79.9 cm³/mol. The lowest BCUT2D eigenvalue weighted by Crippen LogP contribution is -2.29. The van der Waals surface area contributed by atoms with E-state index in [4.69, 9.17) is 5.84 Å². The van der Waals surface area contributed by atoms with Crippen LogP contribution >= 0.6 is 0 Å². The number of pyridine rings is 2. The van der Waals surface area contributed by atoms with Gasteiger partial charge in [-0.25, -0.2) is 5.43 Å². The van der Waals surface area contributed by atoms with Crippen molar-refractivity contribution in [2.24, 2.45) is 5.84 Å². The van der Waals surface area contributed by atoms with Gasteiger partial charge < -0.3 is 0 Å². The average molecular weight is 264 g/mol. The molecule has 100 valence electrons. The number of fused-ring (bicyclic) bond motifs is 1. The van der Waals surface area contributed by atoms with Crippen molar-refractivity contribution in [2.75, 3.05) is 0 Å². The van der Waals surface area contributed by atoms with Gasteiger partial charge in [0, 0.05) is 24.0 Å². The van der Waals surface area contributed by atoms with Crippen LogP contribution in [0, 0.1) is 6.92 Å². The van der Waals surface area contributed by atoms with Gasteiger partial charge in [-0.2, -0.15) is 0 Å². The highest BCUT2D eigenvalue weighted by Gasteiger charge is 2.17. The summed E-state index contributed by atoms with van der Waals surface area (Å²) in [4.78, 5) is 8.60. The Morgan fingerprint density at radius 3 is 2.75 bits per heavy atom. The zero-order valence-electron chi connectivity index (χ0n) is 11.2. The van der Waals surface area contributed by atoms with E-state index in [1.165, 1.54) is 0 Å². The molecule has 3 N–H and O–H groups in total. The maximum Gasteiger partial charge on any atom is 0.0734 e. The molecule has 1 aromatic carbocycles. The Morgan fingerprint density at radius 1 is 1.05 bits per heavy atom. The van der Waals surface area contributed by atoms with Crippen molar-refractivity contribution >= 4 is 10.9 Å². The Morgan fingerprint density at radius 2 is 1.95 bits per heavy atom. The fourth-order valence-corrected chi connectivity index (χ4v) is 2.50. The van der Waals surface area contributed by atoms with Gasteiger partial charge in [-0.3, -0.25) is 15.8 Å². The van der Waals surface area contributed by atoms with Gasteiger partial charge in [0.25, 0.3) is 0 Å². The molecule has 2 aromatic heterocycles. The van der Waals surface area contributed by atoms with Crippen molar-refractivity contribution in [3.63, 3.8) is 0 Å². The van der Waals surface area contributed by atoms with Crippen LogP contribution in [0.2, 0.25) is 0 Å². The fraction of sp³-hybridized carbons (Fsp3) is 0.125. The van der Waals surface area contributed by atoms with Gasteiger partial charge in [-0.05, 0) is 41.8 Å². The Labute approximate surface area is 117 Å². The zero-order chi connectivity index (χ0) is 13.9. The molecule has 3 aromatic rings. The van der Waals surface area contributed by atoms with Gasteiger partial charge in [0.05, 0.1) is 11.6 Å². The maximum absolute atomic E-state index is 5.80. The maximum atomic E-state index is 5.80. The molecule has 1 unspecified atom stereocenters. The fourth-order valence-electron chi connectivity index (χ4n) is 2.50. The molecule has 3 rings (SSSR count). The number of hydrazine groups is 1. The molecule has 0 aliphatic heterocycles. The van der Waals surface area contributed by atoms with E-state index in [1.54, 1.807) is 12.4 Å². The summed E-state index contributed by atoms with van der Waals surface area (Å²) in [6, 6.07) is 12.0. The van der Waals surface area contributed by atoms with E-state index in [-0.39, 0.29) is 6.04 Å². The number of nitrogens with zero attached hydrogens (tertiary/aromatic N) is 2. The van der Waals surface area contributed by atoms with Gasteiger partial charge in [0.15, 0.2) is 0 Å². The highest BCUT2D eigenvalue weighted by Crippen LogP contribution is 2.28. The second-order valence-corrected chi connectivity index (χ2v) is 4.75. The minimum Gasteiger partial charge on any atom is -0.271 e. The van der Waals surface area contributed by atoms with E-state index in [1.807, 2.05) is 30.5 Å². The van der Waals surface area contributed by atoms with Crippen molar-refractivity contribution in [3.8, 4) is 0 Å². The van der Waals surface area contributed by atoms with Gasteiger partial charge >= 0.3 is 0 Å². The lowest BCUT2D eigenvalue weighted by Gasteiger charge is -2.20. The molecule has 0 spiro atoms. The van der Waals surface area contributed by atoms with Gasteiger partial charge in [-0.15, -0.1) is 0 Å². The smallest absolute Gasteiger partial charge is 0.0734 e. The Kier molecular flexibility index (Phi) is 3.41. The first kappa shape index (κ1) is 12.7. The molecule has 2 heterocycles. The molecular weight excluding hydrogens is 248 g/mol. The van der Waals surface area contributed by atoms with Crippen LogP contribution in [-0.2, 0) is 0 Å². The van der Waals surface area contributed by atoms with E-state index in [9.17, 15) is 0 Å². The van der Waals surface area contributed by atoms with E-state index in [2.05, 4.69) is 34.5 Å². The predicted octanol–water partition coefficient (Wildman–Crippen LogP) is 2.49. The van der Waals surface area contributed by atoms with Crippen LogP contribution in [0.25, 0.3) is 10.9 Å². The summed E-state index contributed by atoms with van der Waals surface area (Å²) < 4.78 is 0. The molecule has 0 aliphatic carbocycles. The molecule has 0 bridgehead atoms. The molecular formula is C16H16N4. The normalized spacial score (nSPS) is 12.5. The van der Waals surface area contributed by atoms with E-state index < -0.39 is 0 Å². The largest absolute Gasteiger partial charge is 0.271 e. The van der Waals surface area contributed by atoms with Gasteiger partial charge in [-0.1, -0.05) is 18.2 Å². The number of hydrogen-bond acceptors (Lipinski definition) is 4. The van der Waals surface area contributed by atoms with Crippen molar-refractivity contribution in [1.82, 2.24) is 15.4 Å². The summed E-state index contributed by atoms with van der Waals surface area (Å²) >= 11 is 0. The summed E-state index contributed by atoms with van der Waals surface area (Å²) in [5, 5.41) is 1.10. The number of benzene rings is 1. The first-order chi connectivity index (χ1) is 9.81. The molecule has 0 amide bonds. The van der Waals surface area contributed by atoms with Crippen LogP contribution in [0.5, 0.6) is 0 Å². The number of aryl methyl sites for hydroxylation is 1. The number of nitrogens with two attached hydrogens (primary N) is 1. The number of hydrogen-bond donors (Lipinski definition) is 2. The summed E-state index contributed by atoms with van der Waals surface area (Å²) in [6.07, 6.45) is 5.44. The molecule has 0 saturated carbocycles. The highest BCUT2D eigenvalue weighted by atomic mass is 15.2. The van der Waals surface area contributed by atoms with Gasteiger partial charge in [0.1, 0.15) is 0 Å². The standard InChI is InChI=1S/C16H16N4/c1-11-7-9-18-10-14(11)16(20-17)13-4-2-6-15-12(13)5-3-8-19-15/h2-10,16,20H,17H2,1H3. The summed E-state index contributed by atoms with van der Waals surface area (Å²) in [6.45, 7) is 2.06. The molecule has 4 nitrogen and oxygen atoms in total. The summed E-state index contributed by atoms with van der Waals surface area (Å²) in [5.41, 5.74) is 7.20. The van der Waals surface area contributed by atoms with Crippen LogP contribution in [0.15, 0.2) is 55.0 Å². The van der Waals surface area contributed by atoms with Crippen LogP contribution < -0.4 is 11.3 Å². The molecule has 4 heteroatoms. The molecule has 20 heavy (non-hydrogen) atoms. The van der Waals surface area contributed by atoms with Crippen molar-refractivity contribution in [2.45, 2.75) is 13.0 Å². The molecule has 0 fully saturated rings. The van der Waals surface area contributed by atoms with E-state index in [0.29, 0.717) is 0 Å². The second kappa shape index (κ2) is 5.36. The Balaban J connectivity index is 2.20. The summed E-state index contributed by atoms with van der Waals surface area (Å²) in [7, 11) is 0. The Bertz CT molecular complexity index is 734. The van der Waals surface area contributed by atoms with Crippen LogP contribution in [0.4, 0.5) is 0 Å². The number of nitrogens with one attached hydrogen (secondary N) is 1. The quantitative estimate of drug-likeness (QED) is 0.563. The minimum atomic E-state index is -0.100. The second-order valence-electron chi connectivity index (χ2n) is 4.75. The topological polar surface area (TPSA) is 63.8 Å². The van der Waals surface area contributed by atoms with Crippen LogP contribution in [-0.4, -0.2) is 9.97 Å². The third-order valence-corrected chi connectivity index (χ3v) is 3.55. The molecule has 0 radical (unpaired) electrons. The van der Waals surface area contributed by atoms with Crippen molar-refractivity contribution < 1.29 is 0 Å². The van der Waals surface area contributed by atoms with Crippen molar-refractivity contribution in [1.29, 1.82) is 0 Å². The van der Waals surface area contributed by atoms with Gasteiger partial charge in [0.2, 0.25) is 0 Å². The number of rotatable bonds is 3. The third kappa shape index (κ3) is 2.15. The first-order valence-corrected chi connectivity index (χ1v) is 6.51. The molecule has 0 aliphatic rings. The van der Waals surface area contributed by atoms with E-state index >= 15 is 0 Å².